The molecule has 9 unspecified atom stereocenters. The van der Waals surface area contributed by atoms with Crippen molar-refractivity contribution in [1.82, 2.24) is 0 Å². The fourth-order valence-electron chi connectivity index (χ4n) is 14.3. The van der Waals surface area contributed by atoms with Crippen LogP contribution in [0.2, 0.25) is 0 Å². The van der Waals surface area contributed by atoms with Crippen LogP contribution < -0.4 is 0 Å². The van der Waals surface area contributed by atoms with Crippen LogP contribution in [0, 0.1) is 70.0 Å². The van der Waals surface area contributed by atoms with Gasteiger partial charge in [0.2, 0.25) is 5.79 Å². The molecular weight excluding hydrogens is 636 g/mol. The third-order valence-electron chi connectivity index (χ3n) is 17.0. The van der Waals surface area contributed by atoms with Gasteiger partial charge in [-0.15, -0.1) is 0 Å². The van der Waals surface area contributed by atoms with Crippen LogP contribution in [0.15, 0.2) is 0 Å². The zero-order chi connectivity index (χ0) is 35.2. The summed E-state index contributed by atoms with van der Waals surface area (Å²) in [6, 6.07) is 0. The maximum Gasteiger partial charge on any atom is 0.303 e. The summed E-state index contributed by atoms with van der Waals surface area (Å²) in [6.45, 7) is 14.8. The molecule has 284 valence electrons. The number of aliphatic carboxylic acids is 1. The van der Waals surface area contributed by atoms with Gasteiger partial charge < -0.3 is 29.2 Å². The quantitative estimate of drug-likeness (QED) is 0.184. The summed E-state index contributed by atoms with van der Waals surface area (Å²) in [5.41, 5.74) is -0.119. The van der Waals surface area contributed by atoms with Gasteiger partial charge >= 0.3 is 5.97 Å². The Morgan fingerprint density at radius 1 is 0.840 bits per heavy atom. The van der Waals surface area contributed by atoms with Gasteiger partial charge in [0.1, 0.15) is 0 Å². The highest BCUT2D eigenvalue weighted by Crippen LogP contribution is 2.68. The molecule has 4 aliphatic heterocycles. The van der Waals surface area contributed by atoms with E-state index in [-0.39, 0.29) is 47.6 Å². The minimum absolute atomic E-state index is 0.156. The molecule has 5 saturated carbocycles. The maximum absolute atomic E-state index is 11.8. The van der Waals surface area contributed by atoms with Crippen molar-refractivity contribution in [3.8, 4) is 0 Å². The Morgan fingerprint density at radius 3 is 2.36 bits per heavy atom. The fraction of sp³-hybridized carbons (Fsp3) is 0.976. The van der Waals surface area contributed by atoms with Crippen LogP contribution in [0.4, 0.5) is 0 Å². The predicted molar refractivity (Wildman–Crippen MR) is 185 cm³/mol. The van der Waals surface area contributed by atoms with Crippen LogP contribution in [0.1, 0.15) is 131 Å². The number of carboxylic acid groups (broad SMARTS) is 1. The number of hydrogen-bond donors (Lipinski definition) is 2. The summed E-state index contributed by atoms with van der Waals surface area (Å²) in [7, 11) is 0. The Morgan fingerprint density at radius 2 is 1.56 bits per heavy atom. The SMILES string of the molecule is C[C@H]1C(OCCO[C@@H]2CC[C@@]3(C)C(C2)C[C@H](O)C2C3CC[C@@]3(C)C2CC[C@@H]3[C@H](C)CCC(=O)O)OC2OC3(C)CCC4[C@H](C)CCC1[C@@]24OO3. The maximum atomic E-state index is 11.8. The van der Waals surface area contributed by atoms with Gasteiger partial charge in [-0.3, -0.25) is 4.79 Å². The predicted octanol–water partition coefficient (Wildman–Crippen LogP) is 7.73. The molecule has 0 radical (unpaired) electrons. The van der Waals surface area contributed by atoms with Crippen molar-refractivity contribution in [2.24, 2.45) is 70.0 Å². The monoisotopic (exact) mass is 702 g/mol. The van der Waals surface area contributed by atoms with Gasteiger partial charge in [-0.2, -0.15) is 0 Å². The van der Waals surface area contributed by atoms with E-state index < -0.39 is 23.6 Å². The van der Waals surface area contributed by atoms with Gasteiger partial charge in [0.25, 0.3) is 0 Å². The highest BCUT2D eigenvalue weighted by molar-refractivity contribution is 5.66. The lowest BCUT2D eigenvalue weighted by Gasteiger charge is -2.62. The summed E-state index contributed by atoms with van der Waals surface area (Å²) >= 11 is 0. The van der Waals surface area contributed by atoms with Crippen molar-refractivity contribution in [1.29, 1.82) is 0 Å². The standard InChI is InChI=1S/C41H66O9/c1-23(8-12-34(43)44)28-10-11-31-35-32(14-17-39(28,31)5)38(4)16-13-27(21-26(38)22-33(35)42)45-19-20-46-36-25(3)30-9-7-24(2)29-15-18-40(6)48-37(47-36)41(29,30)50-49-40/h23-33,35-37,42H,7-22H2,1-6H3,(H,43,44)/t23-,24-,25-,26?,27-,28-,29?,30?,31?,32?,33+,35?,36?,37?,38+,39-,40?,41-/m1/s1. The average Bonchev–Trinajstić information content (AvgIpc) is 3.27. The van der Waals surface area contributed by atoms with Gasteiger partial charge in [0.15, 0.2) is 18.2 Å². The van der Waals surface area contributed by atoms with Gasteiger partial charge in [-0.25, -0.2) is 9.78 Å². The lowest BCUT2D eigenvalue weighted by atomic mass is 9.43. The topological polar surface area (TPSA) is 113 Å². The van der Waals surface area contributed by atoms with Gasteiger partial charge in [0, 0.05) is 24.7 Å². The summed E-state index contributed by atoms with van der Waals surface area (Å²) in [5.74, 6) is 2.73. The third kappa shape index (κ3) is 5.68. The lowest BCUT2D eigenvalue weighted by Crippen LogP contribution is -2.70. The Hall–Kier alpha value is -0.810. The molecule has 9 nitrogen and oxygen atoms in total. The van der Waals surface area contributed by atoms with Crippen LogP contribution in [0.25, 0.3) is 0 Å². The average molecular weight is 703 g/mol. The molecule has 50 heavy (non-hydrogen) atoms. The van der Waals surface area contributed by atoms with Crippen LogP contribution in [-0.2, 0) is 33.5 Å². The van der Waals surface area contributed by atoms with Crippen LogP contribution >= 0.6 is 0 Å². The summed E-state index contributed by atoms with van der Waals surface area (Å²) in [5, 5.41) is 21.1. The second kappa shape index (κ2) is 13.2. The summed E-state index contributed by atoms with van der Waals surface area (Å²) in [6.07, 6.45) is 13.0. The number of aliphatic hydroxyl groups is 1. The number of carboxylic acids is 1. The van der Waals surface area contributed by atoms with Gasteiger partial charge in [0.05, 0.1) is 25.4 Å². The van der Waals surface area contributed by atoms with E-state index in [1.165, 1.54) is 32.1 Å². The molecule has 0 aromatic heterocycles. The number of carbonyl (C=O) groups is 1. The Kier molecular flexibility index (Phi) is 9.55. The smallest absolute Gasteiger partial charge is 0.303 e. The van der Waals surface area contributed by atoms with E-state index >= 15 is 0 Å². The van der Waals surface area contributed by atoms with E-state index in [9.17, 15) is 15.0 Å². The lowest BCUT2D eigenvalue weighted by molar-refractivity contribution is -0.577. The number of ether oxygens (including phenoxy) is 4. The molecule has 4 saturated heterocycles. The molecule has 9 fully saturated rings. The van der Waals surface area contributed by atoms with E-state index in [0.29, 0.717) is 60.6 Å². The largest absolute Gasteiger partial charge is 0.481 e. The molecule has 9 aliphatic rings. The van der Waals surface area contributed by atoms with E-state index in [0.717, 1.165) is 51.4 Å². The van der Waals surface area contributed by atoms with Crippen molar-refractivity contribution >= 4 is 5.97 Å². The number of fused-ring (bicyclic) bond motifs is 7. The molecule has 0 amide bonds. The molecule has 18 atom stereocenters. The first kappa shape index (κ1) is 36.2. The number of hydrogen-bond acceptors (Lipinski definition) is 8. The first-order chi connectivity index (χ1) is 23.8. The molecule has 4 heterocycles. The van der Waals surface area contributed by atoms with Crippen molar-refractivity contribution in [3.05, 3.63) is 0 Å². The Bertz CT molecular complexity index is 1260. The van der Waals surface area contributed by atoms with Gasteiger partial charge in [-0.05, 0) is 142 Å². The molecule has 5 aliphatic carbocycles. The van der Waals surface area contributed by atoms with Crippen molar-refractivity contribution in [3.63, 3.8) is 0 Å². The molecule has 0 aromatic carbocycles. The molecule has 9 heteroatoms. The molecule has 9 rings (SSSR count). The minimum atomic E-state index is -0.785. The number of rotatable bonds is 9. The van der Waals surface area contributed by atoms with Crippen LogP contribution in [0.5, 0.6) is 0 Å². The van der Waals surface area contributed by atoms with Crippen molar-refractivity contribution in [2.45, 2.75) is 168 Å². The van der Waals surface area contributed by atoms with E-state index in [4.69, 9.17) is 28.7 Å². The molecular formula is C41H66O9. The molecule has 2 bridgehead atoms. The molecule has 0 aromatic rings. The second-order valence-electron chi connectivity index (χ2n) is 19.3. The van der Waals surface area contributed by atoms with Crippen molar-refractivity contribution in [2.75, 3.05) is 13.2 Å². The third-order valence-corrected chi connectivity index (χ3v) is 17.0. The normalized spacial score (nSPS) is 54.5. The molecule has 2 N–H and O–H groups in total. The second-order valence-corrected chi connectivity index (χ2v) is 19.3. The zero-order valence-corrected chi connectivity index (χ0v) is 31.6. The first-order valence-corrected chi connectivity index (χ1v) is 20.6. The summed E-state index contributed by atoms with van der Waals surface area (Å²) in [4.78, 5) is 23.6. The number of aliphatic hydroxyl groups excluding tert-OH is 1. The highest BCUT2D eigenvalue weighted by Gasteiger charge is 2.70. The summed E-state index contributed by atoms with van der Waals surface area (Å²) < 4.78 is 26.1. The van der Waals surface area contributed by atoms with E-state index in [2.05, 4.69) is 34.6 Å². The van der Waals surface area contributed by atoms with Gasteiger partial charge in [-0.1, -0.05) is 34.6 Å². The van der Waals surface area contributed by atoms with Crippen LogP contribution in [0.3, 0.4) is 0 Å². The Labute approximate surface area is 300 Å². The fourth-order valence-corrected chi connectivity index (χ4v) is 14.3. The van der Waals surface area contributed by atoms with Crippen LogP contribution in [-0.4, -0.2) is 65.6 Å². The Balaban J connectivity index is 0.857. The van der Waals surface area contributed by atoms with Crippen molar-refractivity contribution < 1.29 is 43.7 Å². The minimum Gasteiger partial charge on any atom is -0.481 e. The zero-order valence-electron chi connectivity index (χ0n) is 31.6. The molecule has 1 spiro atoms. The van der Waals surface area contributed by atoms with E-state index in [1.807, 2.05) is 6.92 Å². The first-order valence-electron chi connectivity index (χ1n) is 20.6. The van der Waals surface area contributed by atoms with E-state index in [1.54, 1.807) is 0 Å². The highest BCUT2D eigenvalue weighted by atomic mass is 17.3.